The molecule has 0 heterocycles. The summed E-state index contributed by atoms with van der Waals surface area (Å²) in [5.41, 5.74) is 0. The van der Waals surface area contributed by atoms with Gasteiger partial charge in [0.25, 0.3) is 0 Å². The maximum Gasteiger partial charge on any atom is 0.326 e. The minimum atomic E-state index is -1.89. The van der Waals surface area contributed by atoms with Crippen LogP contribution in [0.25, 0.3) is 0 Å². The van der Waals surface area contributed by atoms with Crippen molar-refractivity contribution in [2.75, 3.05) is 6.35 Å². The number of aliphatic hydroxyl groups excluding tert-OH is 1. The van der Waals surface area contributed by atoms with Crippen LogP contribution in [-0.2, 0) is 9.59 Å². The summed E-state index contributed by atoms with van der Waals surface area (Å²) in [4.78, 5) is 31.9. The molecule has 0 aliphatic rings. The third-order valence-corrected chi connectivity index (χ3v) is 2.26. The zero-order valence-electron chi connectivity index (χ0n) is 7.64. The first-order chi connectivity index (χ1) is 6.47. The summed E-state index contributed by atoms with van der Waals surface area (Å²) in [6.07, 6.45) is -0.577. The molecule has 3 N–H and O–H groups in total. The van der Waals surface area contributed by atoms with Crippen LogP contribution in [0.15, 0.2) is 0 Å². The quantitative estimate of drug-likeness (QED) is 0.488. The molecule has 1 unspecified atom stereocenters. The third-order valence-electron chi connectivity index (χ3n) is 1.36. The van der Waals surface area contributed by atoms with Crippen molar-refractivity contribution in [2.45, 2.75) is 19.4 Å². The lowest BCUT2D eigenvalue weighted by atomic mass is 10.2. The van der Waals surface area contributed by atoms with Crippen molar-refractivity contribution in [3.8, 4) is 0 Å². The van der Waals surface area contributed by atoms with Gasteiger partial charge >= 0.3 is 5.97 Å². The minimum Gasteiger partial charge on any atom is -0.629 e. The number of nitrogens with one attached hydrogen (secondary N) is 1. The number of carboxylic acid groups (broad SMARTS) is 1. The summed E-state index contributed by atoms with van der Waals surface area (Å²) in [7, 11) is -1.89. The fourth-order valence-corrected chi connectivity index (χ4v) is 1.31. The molecule has 0 aliphatic heterocycles. The Morgan fingerprint density at radius 1 is 1.64 bits per heavy atom. The van der Waals surface area contributed by atoms with Gasteiger partial charge in [-0.2, -0.15) is 0 Å². The summed E-state index contributed by atoms with van der Waals surface area (Å²) in [5.74, 6) is -0.479. The highest BCUT2D eigenvalue weighted by molar-refractivity contribution is 7.49. The van der Waals surface area contributed by atoms with Crippen molar-refractivity contribution >= 4 is 25.4 Å². The van der Waals surface area contributed by atoms with E-state index in [9.17, 15) is 14.5 Å². The van der Waals surface area contributed by atoms with Crippen LogP contribution in [0.4, 0.5) is 0 Å². The molecule has 80 valence electrons. The Hall–Kier alpha value is -0.970. The molecular formula is C7H12NO5P. The van der Waals surface area contributed by atoms with Gasteiger partial charge in [0, 0.05) is 13.3 Å². The standard InChI is InChI=1S/C7H12NO5P/c1-5(10)8-6(7(11)12)2-3-14(13)4-9/h3,6,9H,2,4H2,1H3,(H,8,10)(H,11,12)/t6-/m0/s1. The maximum absolute atomic E-state index is 10.8. The fraction of sp³-hybridized carbons (Fsp3) is 0.571. The van der Waals surface area contributed by atoms with E-state index in [4.69, 9.17) is 10.2 Å². The molecule has 0 aromatic heterocycles. The molecule has 0 saturated heterocycles. The molecule has 0 fully saturated rings. The van der Waals surface area contributed by atoms with E-state index in [0.717, 1.165) is 0 Å². The summed E-state index contributed by atoms with van der Waals surface area (Å²) in [6, 6.07) is -1.09. The van der Waals surface area contributed by atoms with Gasteiger partial charge in [0.15, 0.2) is 6.35 Å². The van der Waals surface area contributed by atoms with Gasteiger partial charge in [-0.3, -0.25) is 4.79 Å². The van der Waals surface area contributed by atoms with Crippen LogP contribution in [0.2, 0.25) is 0 Å². The minimum absolute atomic E-state index is 0.0648. The molecule has 0 spiro atoms. The van der Waals surface area contributed by atoms with Crippen LogP contribution in [0, 0.1) is 0 Å². The average Bonchev–Trinajstić information content (AvgIpc) is 2.10. The zero-order valence-corrected chi connectivity index (χ0v) is 8.53. The molecule has 0 saturated carbocycles. The number of aliphatic carboxylic acids is 1. The number of hydrogen-bond acceptors (Lipinski definition) is 4. The molecule has 6 nitrogen and oxygen atoms in total. The third kappa shape index (κ3) is 5.64. The Kier molecular flexibility index (Phi) is 6.03. The predicted octanol–water partition coefficient (Wildman–Crippen LogP) is -1.52. The van der Waals surface area contributed by atoms with Crippen LogP contribution in [0.3, 0.4) is 0 Å². The molecule has 0 aromatic rings. The van der Waals surface area contributed by atoms with Crippen molar-refractivity contribution in [1.82, 2.24) is 5.32 Å². The second kappa shape index (κ2) is 6.48. The lowest BCUT2D eigenvalue weighted by molar-refractivity contribution is -0.155. The van der Waals surface area contributed by atoms with Crippen LogP contribution >= 0.6 is 7.77 Å². The van der Waals surface area contributed by atoms with Gasteiger partial charge in [-0.25, -0.2) is 4.79 Å². The molecule has 0 aromatic carbocycles. The van der Waals surface area contributed by atoms with Gasteiger partial charge in [0.05, 0.1) is 13.6 Å². The van der Waals surface area contributed by atoms with Crippen molar-refractivity contribution < 1.29 is 24.7 Å². The number of carboxylic acids is 1. The lowest BCUT2D eigenvalue weighted by Gasteiger charge is -2.09. The van der Waals surface area contributed by atoms with Crippen LogP contribution in [-0.4, -0.2) is 40.3 Å². The molecule has 14 heavy (non-hydrogen) atoms. The first-order valence-electron chi connectivity index (χ1n) is 3.85. The Balaban J connectivity index is 4.24. The zero-order chi connectivity index (χ0) is 11.1. The first-order valence-corrected chi connectivity index (χ1v) is 5.36. The number of rotatable bonds is 5. The predicted molar refractivity (Wildman–Crippen MR) is 49.9 cm³/mol. The highest BCUT2D eigenvalue weighted by Crippen LogP contribution is 2.07. The van der Waals surface area contributed by atoms with Gasteiger partial charge in [-0.15, -0.1) is 0 Å². The topological polar surface area (TPSA) is 110 Å². The van der Waals surface area contributed by atoms with Gasteiger partial charge in [0.2, 0.25) is 5.91 Å². The van der Waals surface area contributed by atoms with Gasteiger partial charge < -0.3 is 20.4 Å². The molecule has 0 radical (unpaired) electrons. The summed E-state index contributed by atoms with van der Waals surface area (Å²) < 4.78 is 0. The Morgan fingerprint density at radius 2 is 2.21 bits per heavy atom. The van der Waals surface area contributed by atoms with E-state index in [1.165, 1.54) is 12.7 Å². The van der Waals surface area contributed by atoms with E-state index in [-0.39, 0.29) is 6.42 Å². The summed E-state index contributed by atoms with van der Waals surface area (Å²) >= 11 is 0. The summed E-state index contributed by atoms with van der Waals surface area (Å²) in [5, 5.41) is 19.2. The molecule has 0 bridgehead atoms. The van der Waals surface area contributed by atoms with Crippen LogP contribution < -0.4 is 10.2 Å². The average molecular weight is 221 g/mol. The fourth-order valence-electron chi connectivity index (χ4n) is 0.748. The molecule has 1 amide bonds. The van der Waals surface area contributed by atoms with Crippen molar-refractivity contribution in [3.63, 3.8) is 0 Å². The maximum atomic E-state index is 10.8. The number of carbonyl (C=O) groups is 2. The van der Waals surface area contributed by atoms with Gasteiger partial charge in [0.1, 0.15) is 6.04 Å². The lowest BCUT2D eigenvalue weighted by Crippen LogP contribution is -2.39. The van der Waals surface area contributed by atoms with Crippen molar-refractivity contribution in [1.29, 1.82) is 0 Å². The Labute approximate surface area is 82.0 Å². The van der Waals surface area contributed by atoms with Crippen molar-refractivity contribution in [3.05, 3.63) is 0 Å². The van der Waals surface area contributed by atoms with E-state index < -0.39 is 32.0 Å². The highest BCUT2D eigenvalue weighted by atomic mass is 31.1. The second-order valence-corrected chi connectivity index (χ2v) is 4.05. The number of carbonyl (C=O) groups excluding carboxylic acids is 1. The molecule has 0 aliphatic carbocycles. The van der Waals surface area contributed by atoms with Crippen LogP contribution in [0.1, 0.15) is 13.3 Å². The van der Waals surface area contributed by atoms with Crippen molar-refractivity contribution in [2.24, 2.45) is 0 Å². The van der Waals surface area contributed by atoms with Crippen LogP contribution in [0.5, 0.6) is 0 Å². The first kappa shape index (κ1) is 13.0. The smallest absolute Gasteiger partial charge is 0.326 e. The largest absolute Gasteiger partial charge is 0.629 e. The number of hydrogen-bond donors (Lipinski definition) is 3. The molecule has 7 heteroatoms. The molecular weight excluding hydrogens is 209 g/mol. The van der Waals surface area contributed by atoms with E-state index in [2.05, 4.69) is 5.32 Å². The Bertz CT molecular complexity index is 252. The number of aliphatic hydroxyl groups is 1. The number of amides is 1. The summed E-state index contributed by atoms with van der Waals surface area (Å²) in [6.45, 7) is 1.20. The van der Waals surface area contributed by atoms with E-state index in [1.54, 1.807) is 0 Å². The van der Waals surface area contributed by atoms with Gasteiger partial charge in [-0.1, -0.05) is 0 Å². The molecule has 2 atom stereocenters. The Morgan fingerprint density at radius 3 is 2.57 bits per heavy atom. The monoisotopic (exact) mass is 221 g/mol. The van der Waals surface area contributed by atoms with Gasteiger partial charge in [-0.05, 0) is 0 Å². The van der Waals surface area contributed by atoms with E-state index in [1.807, 2.05) is 0 Å². The molecule has 0 rings (SSSR count). The van der Waals surface area contributed by atoms with E-state index >= 15 is 0 Å². The normalized spacial score (nSPS) is 13.5. The SMILES string of the molecule is CC(=O)N[C@@H](CC=[P+]([O-])CO)C(=O)O. The highest BCUT2D eigenvalue weighted by Gasteiger charge is 2.17. The second-order valence-electron chi connectivity index (χ2n) is 2.57. The van der Waals surface area contributed by atoms with E-state index in [0.29, 0.717) is 0 Å².